The Balaban J connectivity index is 4.18. The van der Waals surface area contributed by atoms with Gasteiger partial charge in [-0.1, -0.05) is 13.2 Å². The summed E-state index contributed by atoms with van der Waals surface area (Å²) >= 11 is 0. The van der Waals surface area contributed by atoms with E-state index in [1.165, 1.54) is 12.3 Å². The average Bonchev–Trinajstić information content (AvgIpc) is 1.99. The van der Waals surface area contributed by atoms with Gasteiger partial charge in [-0.25, -0.2) is 0 Å². The Bertz CT molecular complexity index is 152. The number of aliphatic imine (C=N–C) groups is 1. The monoisotopic (exact) mass is 140 g/mol. The van der Waals surface area contributed by atoms with Gasteiger partial charge in [0.2, 0.25) is 0 Å². The minimum Gasteiger partial charge on any atom is -0.394 e. The Morgan fingerprint density at radius 1 is 1.70 bits per heavy atom. The second-order valence-electron chi connectivity index (χ2n) is 1.73. The van der Waals surface area contributed by atoms with Crippen molar-refractivity contribution in [3.8, 4) is 0 Å². The van der Waals surface area contributed by atoms with Crippen molar-refractivity contribution in [3.05, 3.63) is 25.4 Å². The van der Waals surface area contributed by atoms with E-state index in [1.54, 1.807) is 0 Å². The zero-order valence-corrected chi connectivity index (χ0v) is 5.83. The molecular formula is C7H12N2O. The first-order valence-electron chi connectivity index (χ1n) is 2.93. The van der Waals surface area contributed by atoms with Crippen molar-refractivity contribution in [2.24, 2.45) is 10.7 Å². The third kappa shape index (κ3) is 2.57. The van der Waals surface area contributed by atoms with E-state index in [0.29, 0.717) is 5.71 Å². The average molecular weight is 140 g/mol. The molecule has 0 saturated heterocycles. The summed E-state index contributed by atoms with van der Waals surface area (Å²) < 4.78 is 0. The third-order valence-electron chi connectivity index (χ3n) is 1.03. The highest BCUT2D eigenvalue weighted by Crippen LogP contribution is 1.87. The van der Waals surface area contributed by atoms with Crippen LogP contribution >= 0.6 is 0 Å². The molecule has 0 aliphatic heterocycles. The van der Waals surface area contributed by atoms with Crippen LogP contribution in [0.3, 0.4) is 0 Å². The number of aliphatic hydroxyl groups is 1. The first-order valence-corrected chi connectivity index (χ1v) is 2.93. The Hall–Kier alpha value is -0.930. The lowest BCUT2D eigenvalue weighted by molar-refractivity contribution is 0.290. The molecule has 0 spiro atoms. The van der Waals surface area contributed by atoms with Gasteiger partial charge in [0.05, 0.1) is 18.4 Å². The summed E-state index contributed by atoms with van der Waals surface area (Å²) in [5.74, 6) is 0. The van der Waals surface area contributed by atoms with Crippen LogP contribution in [0.4, 0.5) is 0 Å². The second kappa shape index (κ2) is 4.90. The predicted octanol–water partition coefficient (Wildman–Crippen LogP) is 0.0765. The first-order chi connectivity index (χ1) is 4.76. The molecule has 0 rings (SSSR count). The number of nitrogens with two attached hydrogens (primary N) is 1. The molecule has 0 heterocycles. The van der Waals surface area contributed by atoms with E-state index in [4.69, 9.17) is 10.8 Å². The van der Waals surface area contributed by atoms with Gasteiger partial charge in [0.1, 0.15) is 0 Å². The Kier molecular flexibility index (Phi) is 4.45. The van der Waals surface area contributed by atoms with Crippen molar-refractivity contribution in [2.45, 2.75) is 6.04 Å². The largest absolute Gasteiger partial charge is 0.394 e. The van der Waals surface area contributed by atoms with Crippen molar-refractivity contribution in [3.63, 3.8) is 0 Å². The highest BCUT2D eigenvalue weighted by atomic mass is 16.3. The highest BCUT2D eigenvalue weighted by Gasteiger charge is 2.03. The van der Waals surface area contributed by atoms with Gasteiger partial charge in [-0.15, -0.1) is 0 Å². The zero-order valence-electron chi connectivity index (χ0n) is 5.83. The van der Waals surface area contributed by atoms with Crippen LogP contribution in [0.1, 0.15) is 0 Å². The van der Waals surface area contributed by atoms with E-state index >= 15 is 0 Å². The molecule has 3 N–H and O–H groups in total. The van der Waals surface area contributed by atoms with E-state index < -0.39 is 6.04 Å². The van der Waals surface area contributed by atoms with E-state index in [0.717, 1.165) is 0 Å². The second-order valence-corrected chi connectivity index (χ2v) is 1.73. The van der Waals surface area contributed by atoms with Crippen LogP contribution < -0.4 is 5.73 Å². The van der Waals surface area contributed by atoms with E-state index in [1.807, 2.05) is 0 Å². The summed E-state index contributed by atoms with van der Waals surface area (Å²) in [5.41, 5.74) is 5.97. The topological polar surface area (TPSA) is 58.6 Å². The molecule has 1 atom stereocenters. The van der Waals surface area contributed by atoms with Crippen LogP contribution in [0.5, 0.6) is 0 Å². The molecule has 10 heavy (non-hydrogen) atoms. The maximum Gasteiger partial charge on any atom is 0.0704 e. The Morgan fingerprint density at radius 3 is 2.60 bits per heavy atom. The molecule has 0 fully saturated rings. The molecule has 0 saturated carbocycles. The van der Waals surface area contributed by atoms with Crippen LogP contribution in [-0.2, 0) is 0 Å². The minimum absolute atomic E-state index is 0.126. The van der Waals surface area contributed by atoms with Gasteiger partial charge in [-0.2, -0.15) is 0 Å². The maximum absolute atomic E-state index is 8.58. The van der Waals surface area contributed by atoms with Gasteiger partial charge < -0.3 is 10.8 Å². The maximum atomic E-state index is 8.58. The Morgan fingerprint density at radius 2 is 2.30 bits per heavy atom. The standard InChI is InChI=1S/C7H12N2O/c1-3-7(9-4-2)6(8)5-10/h3-4,6,10H,1-2,5,8H2. The number of hydrogen-bond donors (Lipinski definition) is 2. The molecule has 0 aromatic rings. The van der Waals surface area contributed by atoms with E-state index in [2.05, 4.69) is 18.2 Å². The fourth-order valence-electron chi connectivity index (χ4n) is 0.499. The van der Waals surface area contributed by atoms with Crippen molar-refractivity contribution < 1.29 is 5.11 Å². The summed E-state index contributed by atoms with van der Waals surface area (Å²) in [4.78, 5) is 3.79. The SMILES string of the molecule is C=CN=C(C=C)C(N)CO. The zero-order chi connectivity index (χ0) is 7.98. The Labute approximate surface area is 60.6 Å². The minimum atomic E-state index is -0.449. The number of aliphatic hydroxyl groups excluding tert-OH is 1. The van der Waals surface area contributed by atoms with Gasteiger partial charge in [0.15, 0.2) is 0 Å². The van der Waals surface area contributed by atoms with Crippen molar-refractivity contribution in [2.75, 3.05) is 6.61 Å². The summed E-state index contributed by atoms with van der Waals surface area (Å²) in [6.45, 7) is 6.75. The molecule has 0 aromatic carbocycles. The van der Waals surface area contributed by atoms with Gasteiger partial charge in [0.25, 0.3) is 0 Å². The third-order valence-corrected chi connectivity index (χ3v) is 1.03. The number of rotatable bonds is 4. The van der Waals surface area contributed by atoms with Crippen LogP contribution in [0.2, 0.25) is 0 Å². The van der Waals surface area contributed by atoms with Gasteiger partial charge in [-0.3, -0.25) is 4.99 Å². The predicted molar refractivity (Wildman–Crippen MR) is 42.9 cm³/mol. The molecule has 1 unspecified atom stereocenters. The summed E-state index contributed by atoms with van der Waals surface area (Å²) in [5, 5.41) is 8.58. The quantitative estimate of drug-likeness (QED) is 0.543. The molecule has 0 aliphatic rings. The number of nitrogens with zero attached hydrogens (tertiary/aromatic N) is 1. The molecule has 0 radical (unpaired) electrons. The van der Waals surface area contributed by atoms with E-state index in [-0.39, 0.29) is 6.61 Å². The molecule has 3 heteroatoms. The lowest BCUT2D eigenvalue weighted by atomic mass is 10.2. The summed E-state index contributed by atoms with van der Waals surface area (Å²) in [6.07, 6.45) is 2.87. The van der Waals surface area contributed by atoms with Crippen LogP contribution in [0.25, 0.3) is 0 Å². The smallest absolute Gasteiger partial charge is 0.0704 e. The highest BCUT2D eigenvalue weighted by molar-refractivity contribution is 5.99. The van der Waals surface area contributed by atoms with Crippen molar-refractivity contribution in [1.82, 2.24) is 0 Å². The van der Waals surface area contributed by atoms with Gasteiger partial charge >= 0.3 is 0 Å². The fourth-order valence-corrected chi connectivity index (χ4v) is 0.499. The molecule has 0 bridgehead atoms. The van der Waals surface area contributed by atoms with Crippen molar-refractivity contribution in [1.29, 1.82) is 0 Å². The number of hydrogen-bond acceptors (Lipinski definition) is 3. The van der Waals surface area contributed by atoms with Gasteiger partial charge in [0, 0.05) is 6.20 Å². The molecule has 56 valence electrons. The lowest BCUT2D eigenvalue weighted by Crippen LogP contribution is -2.32. The summed E-state index contributed by atoms with van der Waals surface area (Å²) in [6, 6.07) is -0.449. The van der Waals surface area contributed by atoms with E-state index in [9.17, 15) is 0 Å². The first kappa shape index (κ1) is 9.07. The molecule has 0 aliphatic carbocycles. The summed E-state index contributed by atoms with van der Waals surface area (Å²) in [7, 11) is 0. The van der Waals surface area contributed by atoms with Gasteiger partial charge in [-0.05, 0) is 6.08 Å². The molecule has 0 amide bonds. The van der Waals surface area contributed by atoms with Crippen molar-refractivity contribution >= 4 is 5.71 Å². The molecule has 3 nitrogen and oxygen atoms in total. The van der Waals surface area contributed by atoms with Crippen LogP contribution in [0, 0.1) is 0 Å². The molecular weight excluding hydrogens is 128 g/mol. The van der Waals surface area contributed by atoms with Crippen LogP contribution in [0.15, 0.2) is 30.4 Å². The normalized spacial score (nSPS) is 14.4. The van der Waals surface area contributed by atoms with Crippen LogP contribution in [-0.4, -0.2) is 23.5 Å². The fraction of sp³-hybridized carbons (Fsp3) is 0.286. The molecule has 0 aromatic heterocycles. The lowest BCUT2D eigenvalue weighted by Gasteiger charge is -2.05.